The summed E-state index contributed by atoms with van der Waals surface area (Å²) in [6.07, 6.45) is 6.40. The Labute approximate surface area is 98.3 Å². The molecule has 2 amide bonds. The molecule has 0 bridgehead atoms. The number of urea groups is 1. The molecule has 6 heteroatoms. The molecule has 1 heterocycles. The van der Waals surface area contributed by atoms with Crippen molar-refractivity contribution in [1.29, 1.82) is 0 Å². The topological polar surface area (TPSA) is 82.5 Å². The number of nitrogens with one attached hydrogen (secondary N) is 1. The van der Waals surface area contributed by atoms with E-state index in [4.69, 9.17) is 11.5 Å². The number of rotatable bonds is 3. The number of hydrogen-bond acceptors (Lipinski definition) is 3. The molecule has 0 saturated carbocycles. The molecule has 6 nitrogen and oxygen atoms in total. The van der Waals surface area contributed by atoms with Crippen LogP contribution in [0.15, 0.2) is 18.3 Å². The molecule has 0 radical (unpaired) electrons. The number of amides is 2. The summed E-state index contributed by atoms with van der Waals surface area (Å²) >= 11 is 0. The Balaban J connectivity index is 2.85. The van der Waals surface area contributed by atoms with Crippen molar-refractivity contribution in [3.8, 4) is 12.3 Å². The first-order chi connectivity index (χ1) is 8.06. The standard InChI is InChI=1S/C11H11N3O3/c1-3-7-14(2)11(17)13-8-5-4-6-12-9(8)10(15)16/h1,4-6H,7H2,2H3,(H,13,17)(H,15,16). The fraction of sp³-hybridized carbons (Fsp3) is 0.182. The minimum Gasteiger partial charge on any atom is -0.476 e. The van der Waals surface area contributed by atoms with Crippen LogP contribution in [0.3, 0.4) is 0 Å². The van der Waals surface area contributed by atoms with Gasteiger partial charge in [-0.05, 0) is 12.1 Å². The third-order valence-corrected chi connectivity index (χ3v) is 1.93. The Morgan fingerprint density at radius 3 is 2.94 bits per heavy atom. The molecule has 1 aromatic heterocycles. The van der Waals surface area contributed by atoms with Crippen molar-refractivity contribution in [1.82, 2.24) is 9.88 Å². The van der Waals surface area contributed by atoms with E-state index in [2.05, 4.69) is 16.2 Å². The van der Waals surface area contributed by atoms with Crippen LogP contribution in [0, 0.1) is 12.3 Å². The van der Waals surface area contributed by atoms with Gasteiger partial charge in [-0.1, -0.05) is 5.92 Å². The van der Waals surface area contributed by atoms with E-state index in [-0.39, 0.29) is 17.9 Å². The number of carbonyl (C=O) groups excluding carboxylic acids is 1. The average Bonchev–Trinajstić information content (AvgIpc) is 2.29. The summed E-state index contributed by atoms with van der Waals surface area (Å²) in [7, 11) is 1.51. The molecular formula is C11H11N3O3. The largest absolute Gasteiger partial charge is 0.476 e. The summed E-state index contributed by atoms with van der Waals surface area (Å²) in [4.78, 5) is 27.3. The van der Waals surface area contributed by atoms with Gasteiger partial charge in [0.2, 0.25) is 0 Å². The maximum absolute atomic E-state index is 11.6. The van der Waals surface area contributed by atoms with E-state index < -0.39 is 12.0 Å². The summed E-state index contributed by atoms with van der Waals surface area (Å²) < 4.78 is 0. The van der Waals surface area contributed by atoms with Crippen molar-refractivity contribution in [3.63, 3.8) is 0 Å². The monoisotopic (exact) mass is 233 g/mol. The van der Waals surface area contributed by atoms with Crippen LogP contribution in [0.2, 0.25) is 0 Å². The van der Waals surface area contributed by atoms with E-state index in [9.17, 15) is 9.59 Å². The predicted molar refractivity (Wildman–Crippen MR) is 61.7 cm³/mol. The summed E-state index contributed by atoms with van der Waals surface area (Å²) in [5.41, 5.74) is -0.0798. The van der Waals surface area contributed by atoms with Crippen molar-refractivity contribution in [2.75, 3.05) is 18.9 Å². The fourth-order valence-corrected chi connectivity index (χ4v) is 1.10. The number of carbonyl (C=O) groups is 2. The molecule has 0 fully saturated rings. The molecule has 1 rings (SSSR count). The molecule has 2 N–H and O–H groups in total. The Hall–Kier alpha value is -2.55. The Kier molecular flexibility index (Phi) is 4.06. The van der Waals surface area contributed by atoms with Gasteiger partial charge in [0, 0.05) is 13.2 Å². The number of nitrogens with zero attached hydrogens (tertiary/aromatic N) is 2. The minimum atomic E-state index is -1.21. The lowest BCUT2D eigenvalue weighted by molar-refractivity contribution is 0.0691. The number of carboxylic acid groups (broad SMARTS) is 1. The van der Waals surface area contributed by atoms with Gasteiger partial charge in [-0.15, -0.1) is 6.42 Å². The first-order valence-corrected chi connectivity index (χ1v) is 4.70. The Morgan fingerprint density at radius 2 is 2.35 bits per heavy atom. The van der Waals surface area contributed by atoms with Gasteiger partial charge in [0.1, 0.15) is 0 Å². The van der Waals surface area contributed by atoms with Crippen LogP contribution < -0.4 is 5.32 Å². The Bertz CT molecular complexity index is 479. The zero-order valence-corrected chi connectivity index (χ0v) is 9.17. The van der Waals surface area contributed by atoms with Crippen LogP contribution in [0.4, 0.5) is 10.5 Å². The van der Waals surface area contributed by atoms with Crippen LogP contribution in [-0.2, 0) is 0 Å². The normalized spacial score (nSPS) is 9.18. The second-order valence-electron chi connectivity index (χ2n) is 3.20. The first-order valence-electron chi connectivity index (χ1n) is 4.70. The zero-order chi connectivity index (χ0) is 12.8. The minimum absolute atomic E-state index is 0.133. The highest BCUT2D eigenvalue weighted by Gasteiger charge is 2.14. The number of hydrogen-bond donors (Lipinski definition) is 2. The van der Waals surface area contributed by atoms with Gasteiger partial charge in [0.05, 0.1) is 12.2 Å². The molecule has 0 aliphatic heterocycles. The van der Waals surface area contributed by atoms with Crippen molar-refractivity contribution in [2.45, 2.75) is 0 Å². The number of anilines is 1. The molecule has 0 spiro atoms. The van der Waals surface area contributed by atoms with E-state index in [0.717, 1.165) is 0 Å². The third-order valence-electron chi connectivity index (χ3n) is 1.93. The van der Waals surface area contributed by atoms with E-state index in [1.165, 1.54) is 30.3 Å². The summed E-state index contributed by atoms with van der Waals surface area (Å²) in [6, 6.07) is 2.50. The van der Waals surface area contributed by atoms with E-state index >= 15 is 0 Å². The molecule has 1 aromatic rings. The van der Waals surface area contributed by atoms with Gasteiger partial charge in [0.25, 0.3) is 0 Å². The van der Waals surface area contributed by atoms with Gasteiger partial charge in [-0.3, -0.25) is 0 Å². The molecule has 0 aromatic carbocycles. The van der Waals surface area contributed by atoms with Gasteiger partial charge in [0.15, 0.2) is 5.69 Å². The van der Waals surface area contributed by atoms with Gasteiger partial charge < -0.3 is 15.3 Å². The molecule has 0 aliphatic carbocycles. The molecule has 0 atom stereocenters. The first kappa shape index (κ1) is 12.5. The maximum atomic E-state index is 11.6. The van der Waals surface area contributed by atoms with E-state index in [1.807, 2.05) is 0 Å². The molecule has 0 unspecified atom stereocenters. The quantitative estimate of drug-likeness (QED) is 0.759. The molecule has 0 saturated heterocycles. The van der Waals surface area contributed by atoms with Crippen molar-refractivity contribution in [3.05, 3.63) is 24.0 Å². The van der Waals surface area contributed by atoms with Crippen molar-refractivity contribution >= 4 is 17.7 Å². The Morgan fingerprint density at radius 1 is 1.65 bits per heavy atom. The number of carboxylic acids is 1. The maximum Gasteiger partial charge on any atom is 0.356 e. The lowest BCUT2D eigenvalue weighted by Crippen LogP contribution is -2.32. The highest BCUT2D eigenvalue weighted by atomic mass is 16.4. The lowest BCUT2D eigenvalue weighted by atomic mass is 10.3. The molecule has 0 aliphatic rings. The lowest BCUT2D eigenvalue weighted by Gasteiger charge is -2.15. The van der Waals surface area contributed by atoms with Crippen LogP contribution in [-0.4, -0.2) is 40.6 Å². The van der Waals surface area contributed by atoms with Crippen LogP contribution >= 0.6 is 0 Å². The average molecular weight is 233 g/mol. The number of terminal acetylenes is 1. The summed E-state index contributed by atoms with van der Waals surface area (Å²) in [5, 5.41) is 11.3. The van der Waals surface area contributed by atoms with Crippen LogP contribution in [0.25, 0.3) is 0 Å². The van der Waals surface area contributed by atoms with E-state index in [1.54, 1.807) is 0 Å². The second kappa shape index (κ2) is 5.51. The summed E-state index contributed by atoms with van der Waals surface area (Å²) in [6.45, 7) is 0.133. The van der Waals surface area contributed by atoms with Gasteiger partial charge >= 0.3 is 12.0 Å². The molecule has 17 heavy (non-hydrogen) atoms. The second-order valence-corrected chi connectivity index (χ2v) is 3.20. The SMILES string of the molecule is C#CCN(C)C(=O)Nc1cccnc1C(=O)O. The van der Waals surface area contributed by atoms with Crippen LogP contribution in [0.1, 0.15) is 10.5 Å². The number of pyridine rings is 1. The number of aromatic carboxylic acids is 1. The number of aromatic nitrogens is 1. The molecular weight excluding hydrogens is 222 g/mol. The zero-order valence-electron chi connectivity index (χ0n) is 9.17. The fourth-order valence-electron chi connectivity index (χ4n) is 1.10. The summed E-state index contributed by atoms with van der Waals surface area (Å²) in [5.74, 6) is 1.10. The predicted octanol–water partition coefficient (Wildman–Crippen LogP) is 0.877. The van der Waals surface area contributed by atoms with Gasteiger partial charge in [-0.25, -0.2) is 14.6 Å². The third kappa shape index (κ3) is 3.21. The smallest absolute Gasteiger partial charge is 0.356 e. The molecule has 88 valence electrons. The van der Waals surface area contributed by atoms with E-state index in [0.29, 0.717) is 0 Å². The highest BCUT2D eigenvalue weighted by molar-refractivity contribution is 5.98. The van der Waals surface area contributed by atoms with Crippen LogP contribution in [0.5, 0.6) is 0 Å². The van der Waals surface area contributed by atoms with Gasteiger partial charge in [-0.2, -0.15) is 0 Å². The van der Waals surface area contributed by atoms with Crippen molar-refractivity contribution < 1.29 is 14.7 Å². The highest BCUT2D eigenvalue weighted by Crippen LogP contribution is 2.12. The van der Waals surface area contributed by atoms with Crippen molar-refractivity contribution in [2.24, 2.45) is 0 Å².